The number of Topliss-reactive ketones (excluding diaryl/α,β-unsaturated/α-hetero) is 1. The number of rotatable bonds is 2. The highest BCUT2D eigenvalue weighted by atomic mass is 16.5. The number of carbonyl (C=O) groups excluding carboxylic acids is 2. The molecule has 2 aromatic carbocycles. The van der Waals surface area contributed by atoms with Crippen molar-refractivity contribution < 1.29 is 14.3 Å². The average molecular weight is 357 g/mol. The number of anilines is 1. The summed E-state index contributed by atoms with van der Waals surface area (Å²) in [5.41, 5.74) is 5.78. The van der Waals surface area contributed by atoms with Gasteiger partial charge >= 0.3 is 0 Å². The Morgan fingerprint density at radius 2 is 1.81 bits per heavy atom. The van der Waals surface area contributed by atoms with E-state index in [-0.39, 0.29) is 28.6 Å². The minimum Gasteiger partial charge on any atom is -0.445 e. The minimum absolute atomic E-state index is 0.0881. The minimum atomic E-state index is -1.63. The van der Waals surface area contributed by atoms with Gasteiger partial charge in [-0.15, -0.1) is 0 Å². The third-order valence-electron chi connectivity index (χ3n) is 4.91. The molecule has 4 rings (SSSR count). The number of nitrogens with two attached hydrogens (primary N) is 1. The topological polar surface area (TPSA) is 105 Å². The number of para-hydroxylation sites is 1. The molecule has 6 nitrogen and oxygen atoms in total. The fourth-order valence-electron chi connectivity index (χ4n) is 3.80. The number of carbonyl (C=O) groups is 2. The van der Waals surface area contributed by atoms with Crippen molar-refractivity contribution in [2.24, 2.45) is 5.73 Å². The van der Waals surface area contributed by atoms with Crippen LogP contribution >= 0.6 is 0 Å². The predicted octanol–water partition coefficient (Wildman–Crippen LogP) is 2.76. The van der Waals surface area contributed by atoms with Gasteiger partial charge in [0.15, 0.2) is 5.78 Å². The van der Waals surface area contributed by atoms with E-state index in [1.165, 1.54) is 0 Å². The number of ether oxygens (including phenoxy) is 1. The largest absolute Gasteiger partial charge is 0.445 e. The maximum absolute atomic E-state index is 13.4. The zero-order valence-electron chi connectivity index (χ0n) is 14.4. The third kappa shape index (κ3) is 2.12. The highest BCUT2D eigenvalue weighted by Crippen LogP contribution is 2.52. The first-order valence-electron chi connectivity index (χ1n) is 8.32. The van der Waals surface area contributed by atoms with Crippen LogP contribution in [0.5, 0.6) is 0 Å². The van der Waals surface area contributed by atoms with E-state index >= 15 is 0 Å². The Balaban J connectivity index is 2.06. The molecular weight excluding hydrogens is 342 g/mol. The number of hydrogen-bond acceptors (Lipinski definition) is 5. The average Bonchev–Trinajstić information content (AvgIpc) is 2.95. The van der Waals surface area contributed by atoms with Gasteiger partial charge < -0.3 is 15.8 Å². The summed E-state index contributed by atoms with van der Waals surface area (Å²) in [6.45, 7) is 1.58. The summed E-state index contributed by atoms with van der Waals surface area (Å²) in [5.74, 6) is -0.857. The van der Waals surface area contributed by atoms with Crippen LogP contribution in [0.3, 0.4) is 0 Å². The Morgan fingerprint density at radius 3 is 2.52 bits per heavy atom. The number of benzene rings is 2. The molecule has 0 fully saturated rings. The highest BCUT2D eigenvalue weighted by Gasteiger charge is 2.59. The van der Waals surface area contributed by atoms with Gasteiger partial charge in [0, 0.05) is 16.8 Å². The van der Waals surface area contributed by atoms with Crippen molar-refractivity contribution in [1.29, 1.82) is 5.26 Å². The van der Waals surface area contributed by atoms with Crippen molar-refractivity contribution in [3.8, 4) is 6.07 Å². The fourth-order valence-corrected chi connectivity index (χ4v) is 3.80. The molecule has 132 valence electrons. The Kier molecular flexibility index (Phi) is 3.60. The van der Waals surface area contributed by atoms with Crippen LogP contribution in [0.1, 0.15) is 22.8 Å². The number of ketones is 1. The van der Waals surface area contributed by atoms with E-state index in [2.05, 4.69) is 5.32 Å². The molecule has 2 aromatic rings. The van der Waals surface area contributed by atoms with Gasteiger partial charge in [-0.05, 0) is 13.0 Å². The van der Waals surface area contributed by atoms with Gasteiger partial charge in [0.1, 0.15) is 22.8 Å². The lowest BCUT2D eigenvalue weighted by molar-refractivity contribution is -0.118. The van der Waals surface area contributed by atoms with Crippen molar-refractivity contribution in [3.63, 3.8) is 0 Å². The standard InChI is InChI=1S/C21H15N3O3/c1-12-17(18(25)13-7-3-2-4-8-13)21(15(11-22)19(23)27-12)14-9-5-6-10-16(14)24-20(21)26/h2-10H,23H2,1H3,(H,24,26)/t21-/m1/s1. The van der Waals surface area contributed by atoms with Gasteiger partial charge in [-0.25, -0.2) is 0 Å². The molecule has 2 aliphatic rings. The summed E-state index contributed by atoms with van der Waals surface area (Å²) in [6.07, 6.45) is 0. The molecule has 1 spiro atoms. The van der Waals surface area contributed by atoms with Crippen LogP contribution in [0.2, 0.25) is 0 Å². The lowest BCUT2D eigenvalue weighted by Gasteiger charge is -2.34. The van der Waals surface area contributed by atoms with Crippen LogP contribution in [0.25, 0.3) is 0 Å². The molecule has 0 aliphatic carbocycles. The Morgan fingerprint density at radius 1 is 1.15 bits per heavy atom. The molecule has 0 saturated carbocycles. The summed E-state index contributed by atoms with van der Waals surface area (Å²) < 4.78 is 5.51. The summed E-state index contributed by atoms with van der Waals surface area (Å²) in [6, 6.07) is 17.5. The smallest absolute Gasteiger partial charge is 0.245 e. The van der Waals surface area contributed by atoms with E-state index in [9.17, 15) is 14.9 Å². The second-order valence-corrected chi connectivity index (χ2v) is 6.33. The molecule has 0 aromatic heterocycles. The van der Waals surface area contributed by atoms with Crippen molar-refractivity contribution in [3.05, 3.63) is 88.5 Å². The molecule has 27 heavy (non-hydrogen) atoms. The summed E-state index contributed by atoms with van der Waals surface area (Å²) in [7, 11) is 0. The zero-order chi connectivity index (χ0) is 19.2. The molecule has 1 atom stereocenters. The van der Waals surface area contributed by atoms with Crippen LogP contribution in [0, 0.1) is 11.3 Å². The summed E-state index contributed by atoms with van der Waals surface area (Å²) >= 11 is 0. The fraction of sp³-hybridized carbons (Fsp3) is 0.0952. The van der Waals surface area contributed by atoms with Gasteiger partial charge in [0.25, 0.3) is 0 Å². The summed E-state index contributed by atoms with van der Waals surface area (Å²) in [5, 5.41) is 12.6. The van der Waals surface area contributed by atoms with Crippen LogP contribution in [-0.4, -0.2) is 11.7 Å². The molecule has 2 aliphatic heterocycles. The molecular formula is C21H15N3O3. The first-order valence-corrected chi connectivity index (χ1v) is 8.32. The van der Waals surface area contributed by atoms with Gasteiger partial charge in [-0.2, -0.15) is 5.26 Å². The van der Waals surface area contributed by atoms with E-state index in [0.29, 0.717) is 16.8 Å². The molecule has 6 heteroatoms. The molecule has 0 radical (unpaired) electrons. The van der Waals surface area contributed by atoms with Crippen molar-refractivity contribution in [1.82, 2.24) is 0 Å². The number of nitriles is 1. The Hall–Kier alpha value is -3.85. The number of nitrogens with zero attached hydrogens (tertiary/aromatic N) is 1. The van der Waals surface area contributed by atoms with Crippen LogP contribution < -0.4 is 11.1 Å². The predicted molar refractivity (Wildman–Crippen MR) is 98.1 cm³/mol. The number of fused-ring (bicyclic) bond motifs is 2. The van der Waals surface area contributed by atoms with Gasteiger partial charge in [0.2, 0.25) is 11.8 Å². The number of amides is 1. The van der Waals surface area contributed by atoms with Gasteiger partial charge in [0.05, 0.1) is 5.57 Å². The van der Waals surface area contributed by atoms with Crippen molar-refractivity contribution >= 4 is 17.4 Å². The Labute approximate surface area is 155 Å². The SMILES string of the molecule is CC1=C(C(=O)c2ccccc2)[C@]2(C(=O)Nc3ccccc32)C(C#N)=C(N)O1. The monoisotopic (exact) mass is 357 g/mol. The third-order valence-corrected chi connectivity index (χ3v) is 4.91. The molecule has 3 N–H and O–H groups in total. The van der Waals surface area contributed by atoms with E-state index in [0.717, 1.165) is 0 Å². The maximum atomic E-state index is 13.4. The van der Waals surface area contributed by atoms with E-state index in [1.807, 2.05) is 6.07 Å². The maximum Gasteiger partial charge on any atom is 0.245 e. The normalized spacial score (nSPS) is 20.8. The number of allylic oxidation sites excluding steroid dienone is 1. The molecule has 0 saturated heterocycles. The van der Waals surface area contributed by atoms with E-state index < -0.39 is 11.3 Å². The Bertz CT molecular complexity index is 1090. The zero-order valence-corrected chi connectivity index (χ0v) is 14.4. The lowest BCUT2D eigenvalue weighted by atomic mass is 9.66. The second-order valence-electron chi connectivity index (χ2n) is 6.33. The number of nitrogens with one attached hydrogen (secondary N) is 1. The molecule has 0 bridgehead atoms. The molecule has 2 heterocycles. The quantitative estimate of drug-likeness (QED) is 0.804. The van der Waals surface area contributed by atoms with Crippen LogP contribution in [0.4, 0.5) is 5.69 Å². The van der Waals surface area contributed by atoms with Crippen molar-refractivity contribution in [2.75, 3.05) is 5.32 Å². The number of hydrogen-bond donors (Lipinski definition) is 2. The van der Waals surface area contributed by atoms with E-state index in [4.69, 9.17) is 10.5 Å². The van der Waals surface area contributed by atoms with Crippen LogP contribution in [-0.2, 0) is 14.9 Å². The van der Waals surface area contributed by atoms with E-state index in [1.54, 1.807) is 61.5 Å². The molecule has 1 amide bonds. The van der Waals surface area contributed by atoms with Gasteiger partial charge in [-0.3, -0.25) is 9.59 Å². The van der Waals surface area contributed by atoms with Gasteiger partial charge in [-0.1, -0.05) is 48.5 Å². The van der Waals surface area contributed by atoms with Crippen molar-refractivity contribution in [2.45, 2.75) is 12.3 Å². The molecule has 0 unspecified atom stereocenters. The lowest BCUT2D eigenvalue weighted by Crippen LogP contribution is -2.45. The summed E-state index contributed by atoms with van der Waals surface area (Å²) in [4.78, 5) is 26.6. The second kappa shape index (κ2) is 5.85. The highest BCUT2D eigenvalue weighted by molar-refractivity contribution is 6.22. The first-order chi connectivity index (χ1) is 13.0. The van der Waals surface area contributed by atoms with Crippen LogP contribution in [0.15, 0.2) is 77.4 Å². The first kappa shape index (κ1) is 16.6.